The van der Waals surface area contributed by atoms with Gasteiger partial charge < -0.3 is 8.85 Å². The molecule has 0 N–H and O–H groups in total. The molecule has 19 heavy (non-hydrogen) atoms. The summed E-state index contributed by atoms with van der Waals surface area (Å²) in [5.41, 5.74) is 1.41. The summed E-state index contributed by atoms with van der Waals surface area (Å²) >= 11 is 0. The third-order valence-corrected chi connectivity index (χ3v) is 4.77. The third-order valence-electron chi connectivity index (χ3n) is 2.91. The molecule has 1 aromatic carbocycles. The minimum absolute atomic E-state index is 0.792. The molecule has 0 saturated heterocycles. The van der Waals surface area contributed by atoms with Crippen molar-refractivity contribution in [1.29, 1.82) is 0 Å². The van der Waals surface area contributed by atoms with Gasteiger partial charge in [0.25, 0.3) is 0 Å². The Labute approximate surface area is 120 Å². The second-order valence-corrected chi connectivity index (χ2v) is 6.44. The highest BCUT2D eigenvalue weighted by atomic mass is 28.3. The van der Waals surface area contributed by atoms with Gasteiger partial charge in [-0.1, -0.05) is 51.5 Å². The van der Waals surface area contributed by atoms with E-state index in [-0.39, 0.29) is 0 Å². The van der Waals surface area contributed by atoms with Gasteiger partial charge in [-0.2, -0.15) is 0 Å². The largest absolute Gasteiger partial charge is 0.423 e. The number of rotatable bonds is 10. The van der Waals surface area contributed by atoms with Gasteiger partial charge >= 0.3 is 9.28 Å². The van der Waals surface area contributed by atoms with Crippen LogP contribution < -0.4 is 5.19 Å². The molecule has 2 nitrogen and oxygen atoms in total. The van der Waals surface area contributed by atoms with Crippen LogP contribution in [0.2, 0.25) is 0 Å². The topological polar surface area (TPSA) is 18.5 Å². The number of hydrogen-bond acceptors (Lipinski definition) is 2. The molecule has 0 aliphatic heterocycles. The molecule has 0 fully saturated rings. The number of hydrogen-bond donors (Lipinski definition) is 0. The van der Waals surface area contributed by atoms with Gasteiger partial charge in [0.1, 0.15) is 0 Å². The van der Waals surface area contributed by atoms with E-state index >= 15 is 0 Å². The van der Waals surface area contributed by atoms with Crippen molar-refractivity contribution < 1.29 is 8.85 Å². The summed E-state index contributed by atoms with van der Waals surface area (Å²) in [6.45, 7) is 8.10. The lowest BCUT2D eigenvalue weighted by molar-refractivity contribution is 0.207. The van der Waals surface area contributed by atoms with Gasteiger partial charge in [0.05, 0.1) is 0 Å². The first-order valence-electron chi connectivity index (χ1n) is 7.54. The molecule has 0 bridgehead atoms. The van der Waals surface area contributed by atoms with Crippen LogP contribution in [-0.2, 0) is 15.3 Å². The summed E-state index contributed by atoms with van der Waals surface area (Å²) in [6, 6.07) is 8.62. The SMILES string of the molecule is CCCCc1ccccc1[Si](OCCC)OCCC. The Hall–Kier alpha value is -0.643. The van der Waals surface area contributed by atoms with E-state index < -0.39 is 9.28 Å². The van der Waals surface area contributed by atoms with E-state index in [9.17, 15) is 0 Å². The standard InChI is InChI=1S/C16H27O2Si/c1-4-7-10-15-11-8-9-12-16(15)19(17-13-5-2)18-14-6-3/h8-9,11-12H,4-7,10,13-14H2,1-3H3. The maximum Gasteiger partial charge on any atom is 0.423 e. The van der Waals surface area contributed by atoms with Crippen molar-refractivity contribution in [2.24, 2.45) is 0 Å². The average molecular weight is 279 g/mol. The van der Waals surface area contributed by atoms with Crippen LogP contribution in [0.25, 0.3) is 0 Å². The second kappa shape index (κ2) is 10.2. The van der Waals surface area contributed by atoms with Crippen LogP contribution in [0.5, 0.6) is 0 Å². The molecule has 0 heterocycles. The molecule has 0 aromatic heterocycles. The molecule has 0 amide bonds. The van der Waals surface area contributed by atoms with Crippen molar-refractivity contribution >= 4 is 14.5 Å². The predicted octanol–water partition coefficient (Wildman–Crippen LogP) is 3.58. The Balaban J connectivity index is 2.79. The molecule has 1 radical (unpaired) electrons. The lowest BCUT2D eigenvalue weighted by Crippen LogP contribution is -2.39. The first kappa shape index (κ1) is 16.4. The fourth-order valence-corrected chi connectivity index (χ4v) is 3.77. The zero-order valence-electron chi connectivity index (χ0n) is 12.6. The van der Waals surface area contributed by atoms with E-state index in [1.807, 2.05) is 0 Å². The quantitative estimate of drug-likeness (QED) is 0.610. The Bertz CT molecular complexity index is 333. The van der Waals surface area contributed by atoms with Gasteiger partial charge in [0.15, 0.2) is 0 Å². The van der Waals surface area contributed by atoms with Crippen LogP contribution in [-0.4, -0.2) is 22.5 Å². The summed E-state index contributed by atoms with van der Waals surface area (Å²) in [5, 5.41) is 1.31. The molecule has 0 aliphatic carbocycles. The normalized spacial score (nSPS) is 11.2. The Morgan fingerprint density at radius 2 is 1.53 bits per heavy atom. The maximum atomic E-state index is 5.98. The van der Waals surface area contributed by atoms with Gasteiger partial charge in [-0.15, -0.1) is 0 Å². The highest BCUT2D eigenvalue weighted by Gasteiger charge is 2.21. The third kappa shape index (κ3) is 5.89. The van der Waals surface area contributed by atoms with Gasteiger partial charge in [0, 0.05) is 13.2 Å². The number of benzene rings is 1. The van der Waals surface area contributed by atoms with Crippen LogP contribution in [0.3, 0.4) is 0 Å². The van der Waals surface area contributed by atoms with Crippen LogP contribution >= 0.6 is 0 Å². The maximum absolute atomic E-state index is 5.98. The predicted molar refractivity (Wildman–Crippen MR) is 82.9 cm³/mol. The van der Waals surface area contributed by atoms with Gasteiger partial charge in [-0.25, -0.2) is 0 Å². The van der Waals surface area contributed by atoms with Crippen molar-refractivity contribution in [1.82, 2.24) is 0 Å². The first-order valence-corrected chi connectivity index (χ1v) is 8.85. The molecule has 1 rings (SSSR count). The fourth-order valence-electron chi connectivity index (χ4n) is 1.89. The molecule has 1 aromatic rings. The van der Waals surface area contributed by atoms with Crippen LogP contribution in [0.15, 0.2) is 24.3 Å². The zero-order chi connectivity index (χ0) is 13.9. The second-order valence-electron chi connectivity index (χ2n) is 4.75. The molecule has 0 atom stereocenters. The molecule has 0 unspecified atom stereocenters. The smallest absolute Gasteiger partial charge is 0.390 e. The first-order chi connectivity index (χ1) is 9.33. The highest BCUT2D eigenvalue weighted by Crippen LogP contribution is 2.06. The summed E-state index contributed by atoms with van der Waals surface area (Å²) < 4.78 is 12.0. The zero-order valence-corrected chi connectivity index (χ0v) is 13.6. The number of unbranched alkanes of at least 4 members (excludes halogenated alkanes) is 1. The lowest BCUT2D eigenvalue weighted by atomic mass is 10.1. The van der Waals surface area contributed by atoms with E-state index in [0.717, 1.165) is 32.5 Å². The molecule has 0 aliphatic rings. The van der Waals surface area contributed by atoms with E-state index in [4.69, 9.17) is 8.85 Å². The van der Waals surface area contributed by atoms with E-state index in [2.05, 4.69) is 45.0 Å². The Morgan fingerprint density at radius 1 is 0.895 bits per heavy atom. The molecule has 107 valence electrons. The van der Waals surface area contributed by atoms with Crippen molar-refractivity contribution in [2.75, 3.05) is 13.2 Å². The number of aryl methyl sites for hydroxylation is 1. The van der Waals surface area contributed by atoms with Crippen molar-refractivity contribution in [3.63, 3.8) is 0 Å². The van der Waals surface area contributed by atoms with Crippen molar-refractivity contribution in [3.8, 4) is 0 Å². The average Bonchev–Trinajstić information content (AvgIpc) is 2.46. The van der Waals surface area contributed by atoms with Gasteiger partial charge in [-0.3, -0.25) is 0 Å². The summed E-state index contributed by atoms with van der Waals surface area (Å²) in [4.78, 5) is 0. The van der Waals surface area contributed by atoms with Crippen LogP contribution in [0.1, 0.15) is 52.0 Å². The minimum Gasteiger partial charge on any atom is -0.390 e. The van der Waals surface area contributed by atoms with Crippen molar-refractivity contribution in [2.45, 2.75) is 52.9 Å². The highest BCUT2D eigenvalue weighted by molar-refractivity contribution is 6.61. The summed E-state index contributed by atoms with van der Waals surface area (Å²) in [6.07, 6.45) is 5.67. The van der Waals surface area contributed by atoms with Crippen LogP contribution in [0.4, 0.5) is 0 Å². The minimum atomic E-state index is -1.31. The molecule has 0 saturated carbocycles. The van der Waals surface area contributed by atoms with Gasteiger partial charge in [-0.05, 0) is 36.4 Å². The van der Waals surface area contributed by atoms with Crippen molar-refractivity contribution in [3.05, 3.63) is 29.8 Å². The van der Waals surface area contributed by atoms with Crippen LogP contribution in [0, 0.1) is 0 Å². The summed E-state index contributed by atoms with van der Waals surface area (Å²) in [5.74, 6) is 0. The molecular weight excluding hydrogens is 252 g/mol. The lowest BCUT2D eigenvalue weighted by Gasteiger charge is -2.18. The monoisotopic (exact) mass is 279 g/mol. The molecule has 0 spiro atoms. The van der Waals surface area contributed by atoms with E-state index in [1.165, 1.54) is 23.6 Å². The Morgan fingerprint density at radius 3 is 2.11 bits per heavy atom. The van der Waals surface area contributed by atoms with Gasteiger partial charge in [0.2, 0.25) is 0 Å². The molecular formula is C16H27O2Si. The molecule has 3 heteroatoms. The van der Waals surface area contributed by atoms with E-state index in [1.54, 1.807) is 0 Å². The fraction of sp³-hybridized carbons (Fsp3) is 0.625. The van der Waals surface area contributed by atoms with E-state index in [0.29, 0.717) is 0 Å². The Kier molecular flexibility index (Phi) is 8.79. The summed E-state index contributed by atoms with van der Waals surface area (Å²) in [7, 11) is -1.31.